The van der Waals surface area contributed by atoms with E-state index in [0.717, 1.165) is 32.1 Å². The van der Waals surface area contributed by atoms with E-state index in [1.54, 1.807) is 0 Å². The lowest BCUT2D eigenvalue weighted by Crippen LogP contribution is -2.53. The largest absolute Gasteiger partial charge is 0.444 e. The highest BCUT2D eigenvalue weighted by Gasteiger charge is 2.35. The molecular weight excluding hydrogens is 228 g/mol. The van der Waals surface area contributed by atoms with E-state index in [0.29, 0.717) is 0 Å². The van der Waals surface area contributed by atoms with E-state index in [4.69, 9.17) is 10.5 Å². The smallest absolute Gasteiger partial charge is 0.408 e. The fraction of sp³-hybridized carbons (Fsp3) is 0.929. The summed E-state index contributed by atoms with van der Waals surface area (Å²) in [4.78, 5) is 11.9. The third-order valence-electron chi connectivity index (χ3n) is 3.29. The van der Waals surface area contributed by atoms with Crippen molar-refractivity contribution in [2.24, 2.45) is 5.73 Å². The molecule has 0 heterocycles. The maximum atomic E-state index is 11.9. The summed E-state index contributed by atoms with van der Waals surface area (Å²) in [5, 5.41) is 3.08. The van der Waals surface area contributed by atoms with Crippen LogP contribution >= 0.6 is 0 Å². The van der Waals surface area contributed by atoms with Crippen LogP contribution in [0.1, 0.15) is 66.2 Å². The Balaban J connectivity index is 2.63. The normalized spacial score (nSPS) is 21.2. The molecule has 0 aliphatic heterocycles. The molecule has 4 nitrogen and oxygen atoms in total. The minimum atomic E-state index is -0.450. The average Bonchev–Trinajstić information content (AvgIpc) is 2.13. The van der Waals surface area contributed by atoms with Crippen LogP contribution in [0.25, 0.3) is 0 Å². The van der Waals surface area contributed by atoms with Crippen LogP contribution in [0.15, 0.2) is 0 Å². The highest BCUT2D eigenvalue weighted by Crippen LogP contribution is 2.32. The van der Waals surface area contributed by atoms with Gasteiger partial charge in [-0.05, 0) is 47.0 Å². The topological polar surface area (TPSA) is 64.3 Å². The molecule has 1 fully saturated rings. The molecule has 1 unspecified atom stereocenters. The Kier molecular flexibility index (Phi) is 5.02. The van der Waals surface area contributed by atoms with Gasteiger partial charge in [-0.2, -0.15) is 0 Å². The van der Waals surface area contributed by atoms with E-state index in [-0.39, 0.29) is 17.7 Å². The van der Waals surface area contributed by atoms with Crippen LogP contribution in [0.4, 0.5) is 4.79 Å². The van der Waals surface area contributed by atoms with Crippen molar-refractivity contribution >= 4 is 6.09 Å². The van der Waals surface area contributed by atoms with Gasteiger partial charge >= 0.3 is 6.09 Å². The first-order valence-electron chi connectivity index (χ1n) is 6.99. The summed E-state index contributed by atoms with van der Waals surface area (Å²) in [7, 11) is 0. The summed E-state index contributed by atoms with van der Waals surface area (Å²) < 4.78 is 5.36. The van der Waals surface area contributed by atoms with Gasteiger partial charge in [0.25, 0.3) is 0 Å². The number of amides is 1. The number of hydrogen-bond donors (Lipinski definition) is 2. The molecule has 18 heavy (non-hydrogen) atoms. The van der Waals surface area contributed by atoms with Crippen LogP contribution in [0, 0.1) is 0 Å². The van der Waals surface area contributed by atoms with Gasteiger partial charge in [0, 0.05) is 11.6 Å². The Labute approximate surface area is 111 Å². The van der Waals surface area contributed by atoms with Gasteiger partial charge in [-0.3, -0.25) is 0 Å². The van der Waals surface area contributed by atoms with Crippen molar-refractivity contribution in [3.8, 4) is 0 Å². The first-order chi connectivity index (χ1) is 8.22. The van der Waals surface area contributed by atoms with Gasteiger partial charge in [0.05, 0.1) is 0 Å². The fourth-order valence-electron chi connectivity index (χ4n) is 2.75. The van der Waals surface area contributed by atoms with Crippen LogP contribution in [0.2, 0.25) is 0 Å². The Morgan fingerprint density at radius 2 is 1.89 bits per heavy atom. The quantitative estimate of drug-likeness (QED) is 0.816. The summed E-state index contributed by atoms with van der Waals surface area (Å²) in [6, 6.07) is 0.0954. The monoisotopic (exact) mass is 256 g/mol. The van der Waals surface area contributed by atoms with Gasteiger partial charge < -0.3 is 15.8 Å². The molecule has 0 bridgehead atoms. The fourth-order valence-corrected chi connectivity index (χ4v) is 2.75. The summed E-state index contributed by atoms with van der Waals surface area (Å²) >= 11 is 0. The molecule has 3 N–H and O–H groups in total. The molecule has 0 saturated heterocycles. The van der Waals surface area contributed by atoms with E-state index in [9.17, 15) is 4.79 Å². The molecule has 1 atom stereocenters. The molecule has 1 rings (SSSR count). The third-order valence-corrected chi connectivity index (χ3v) is 3.29. The van der Waals surface area contributed by atoms with Gasteiger partial charge in [0.2, 0.25) is 0 Å². The summed E-state index contributed by atoms with van der Waals surface area (Å²) in [5.41, 5.74) is 5.31. The van der Waals surface area contributed by atoms with Crippen molar-refractivity contribution in [1.82, 2.24) is 5.32 Å². The molecular formula is C14H28N2O2. The third kappa shape index (κ3) is 5.25. The number of carbonyl (C=O) groups excluding carboxylic acids is 1. The van der Waals surface area contributed by atoms with Crippen LogP contribution < -0.4 is 11.1 Å². The lowest BCUT2D eigenvalue weighted by molar-refractivity contribution is 0.0411. The van der Waals surface area contributed by atoms with Crippen molar-refractivity contribution < 1.29 is 9.53 Å². The molecule has 0 aromatic heterocycles. The zero-order valence-corrected chi connectivity index (χ0v) is 12.2. The second kappa shape index (κ2) is 5.91. The number of ether oxygens (including phenoxy) is 1. The number of nitrogens with one attached hydrogen (secondary N) is 1. The second-order valence-corrected chi connectivity index (χ2v) is 6.65. The van der Waals surface area contributed by atoms with Crippen molar-refractivity contribution in [2.45, 2.75) is 83.4 Å². The van der Waals surface area contributed by atoms with E-state index in [2.05, 4.69) is 5.32 Å². The molecule has 0 radical (unpaired) electrons. The molecule has 0 spiro atoms. The van der Waals surface area contributed by atoms with E-state index in [1.165, 1.54) is 6.42 Å². The summed E-state index contributed by atoms with van der Waals surface area (Å²) in [5.74, 6) is 0. The van der Waals surface area contributed by atoms with Gasteiger partial charge in [0.1, 0.15) is 5.60 Å². The number of nitrogens with two attached hydrogens (primary N) is 1. The average molecular weight is 256 g/mol. The summed E-state index contributed by atoms with van der Waals surface area (Å²) in [6.45, 7) is 7.64. The Morgan fingerprint density at radius 1 is 1.33 bits per heavy atom. The summed E-state index contributed by atoms with van der Waals surface area (Å²) in [6.07, 6.45) is 6.08. The van der Waals surface area contributed by atoms with Gasteiger partial charge in [-0.15, -0.1) is 0 Å². The maximum Gasteiger partial charge on any atom is 0.408 e. The minimum absolute atomic E-state index is 0.0954. The minimum Gasteiger partial charge on any atom is -0.444 e. The van der Waals surface area contributed by atoms with Crippen molar-refractivity contribution in [1.29, 1.82) is 0 Å². The number of rotatable bonds is 3. The Bertz CT molecular complexity index is 276. The van der Waals surface area contributed by atoms with Crippen LogP contribution in [-0.4, -0.2) is 23.3 Å². The lowest BCUT2D eigenvalue weighted by Gasteiger charge is -2.39. The van der Waals surface area contributed by atoms with E-state index < -0.39 is 5.60 Å². The first-order valence-corrected chi connectivity index (χ1v) is 6.99. The Hall–Kier alpha value is -0.770. The highest BCUT2D eigenvalue weighted by atomic mass is 16.6. The number of carbonyl (C=O) groups is 1. The van der Waals surface area contributed by atoms with Crippen molar-refractivity contribution in [2.75, 3.05) is 0 Å². The molecule has 1 aliphatic carbocycles. The molecule has 1 amide bonds. The van der Waals surface area contributed by atoms with Crippen LogP contribution in [-0.2, 0) is 4.74 Å². The van der Waals surface area contributed by atoms with Crippen LogP contribution in [0.5, 0.6) is 0 Å². The number of alkyl carbamates (subject to hydrolysis) is 1. The maximum absolute atomic E-state index is 11.9. The predicted octanol–water partition coefficient (Wildman–Crippen LogP) is 2.95. The molecule has 1 aliphatic rings. The van der Waals surface area contributed by atoms with E-state index >= 15 is 0 Å². The molecule has 1 saturated carbocycles. The van der Waals surface area contributed by atoms with Gasteiger partial charge in [-0.1, -0.05) is 19.3 Å². The molecule has 4 heteroatoms. The number of hydrogen-bond acceptors (Lipinski definition) is 3. The van der Waals surface area contributed by atoms with Crippen molar-refractivity contribution in [3.63, 3.8) is 0 Å². The van der Waals surface area contributed by atoms with Crippen LogP contribution in [0.3, 0.4) is 0 Å². The SMILES string of the molecule is CC(N)CC1(NC(=O)OC(C)(C)C)CCCCC1. The van der Waals surface area contributed by atoms with Gasteiger partial charge in [-0.25, -0.2) is 4.79 Å². The predicted molar refractivity (Wildman–Crippen MR) is 73.5 cm³/mol. The Morgan fingerprint density at radius 3 is 2.33 bits per heavy atom. The van der Waals surface area contributed by atoms with Crippen molar-refractivity contribution in [3.05, 3.63) is 0 Å². The van der Waals surface area contributed by atoms with E-state index in [1.807, 2.05) is 27.7 Å². The molecule has 106 valence electrons. The molecule has 0 aromatic rings. The molecule has 0 aromatic carbocycles. The van der Waals surface area contributed by atoms with Gasteiger partial charge in [0.15, 0.2) is 0 Å². The standard InChI is InChI=1S/C14H28N2O2/c1-11(15)10-14(8-6-5-7-9-14)16-12(17)18-13(2,3)4/h11H,5-10,15H2,1-4H3,(H,16,17). The lowest BCUT2D eigenvalue weighted by atomic mass is 9.78. The first kappa shape index (κ1) is 15.3. The zero-order valence-electron chi connectivity index (χ0n) is 12.2. The second-order valence-electron chi connectivity index (χ2n) is 6.65. The zero-order chi connectivity index (χ0) is 13.8. The highest BCUT2D eigenvalue weighted by molar-refractivity contribution is 5.68.